The van der Waals surface area contributed by atoms with Crippen LogP contribution < -0.4 is 10.5 Å². The van der Waals surface area contributed by atoms with Gasteiger partial charge in [0.15, 0.2) is 0 Å². The van der Waals surface area contributed by atoms with Crippen molar-refractivity contribution in [2.45, 2.75) is 32.7 Å². The van der Waals surface area contributed by atoms with E-state index in [0.717, 1.165) is 25.9 Å². The Balaban J connectivity index is 2.21. The summed E-state index contributed by atoms with van der Waals surface area (Å²) in [5.41, 5.74) is 0.499. The van der Waals surface area contributed by atoms with Crippen LogP contribution in [0.2, 0.25) is 0 Å². The first-order valence-corrected chi connectivity index (χ1v) is 7.64. The highest BCUT2D eigenvalue weighted by atomic mass is 16.4. The molecule has 0 bridgehead atoms. The van der Waals surface area contributed by atoms with Crippen LogP contribution in [0.1, 0.15) is 36.5 Å². The van der Waals surface area contributed by atoms with Crippen molar-refractivity contribution >= 4 is 22.8 Å². The van der Waals surface area contributed by atoms with Crippen LogP contribution in [-0.4, -0.2) is 33.7 Å². The largest absolute Gasteiger partial charge is 0.478 e. The lowest BCUT2D eigenvalue weighted by Gasteiger charge is -2.29. The van der Waals surface area contributed by atoms with E-state index < -0.39 is 5.97 Å². The minimum absolute atomic E-state index is 0.106. The van der Waals surface area contributed by atoms with Crippen molar-refractivity contribution < 1.29 is 9.90 Å². The maximum Gasteiger partial charge on any atom is 0.335 e. The number of hydrogen-bond acceptors (Lipinski definition) is 4. The molecule has 2 aromatic rings. The van der Waals surface area contributed by atoms with E-state index in [4.69, 9.17) is 5.11 Å². The minimum atomic E-state index is -1.01. The Labute approximate surface area is 128 Å². The van der Waals surface area contributed by atoms with Gasteiger partial charge >= 0.3 is 5.97 Å². The standard InChI is InChI=1S/C16H19N3O3/c1-2-19-14(20)12-7-6-11(15(21)22)10-13(12)17-16(19)18-8-4-3-5-9-18/h6-7,10H,2-5,8-9H2,1H3,(H,21,22). The number of benzene rings is 1. The van der Waals surface area contributed by atoms with Gasteiger partial charge in [0, 0.05) is 19.6 Å². The van der Waals surface area contributed by atoms with Crippen LogP contribution in [0.15, 0.2) is 23.0 Å². The number of carboxylic acid groups (broad SMARTS) is 1. The SMILES string of the molecule is CCn1c(N2CCCCC2)nc2cc(C(=O)O)ccc2c1=O. The first kappa shape index (κ1) is 14.6. The molecule has 2 heterocycles. The molecule has 1 aromatic heterocycles. The molecule has 1 aliphatic rings. The van der Waals surface area contributed by atoms with Crippen LogP contribution in [0.4, 0.5) is 5.95 Å². The molecule has 3 rings (SSSR count). The van der Waals surface area contributed by atoms with Crippen molar-refractivity contribution in [2.24, 2.45) is 0 Å². The van der Waals surface area contributed by atoms with Crippen LogP contribution in [0, 0.1) is 0 Å². The number of aromatic nitrogens is 2. The Morgan fingerprint density at radius 3 is 2.64 bits per heavy atom. The molecule has 1 fully saturated rings. The molecule has 6 nitrogen and oxygen atoms in total. The summed E-state index contributed by atoms with van der Waals surface area (Å²) in [4.78, 5) is 30.5. The molecule has 0 saturated carbocycles. The molecule has 0 amide bonds. The summed E-state index contributed by atoms with van der Waals surface area (Å²) in [6, 6.07) is 4.49. The monoisotopic (exact) mass is 301 g/mol. The molecule has 0 aliphatic carbocycles. The van der Waals surface area contributed by atoms with Gasteiger partial charge < -0.3 is 10.0 Å². The highest BCUT2D eigenvalue weighted by Crippen LogP contribution is 2.20. The summed E-state index contributed by atoms with van der Waals surface area (Å²) in [7, 11) is 0. The number of hydrogen-bond donors (Lipinski definition) is 1. The van der Waals surface area contributed by atoms with Gasteiger partial charge in [-0.2, -0.15) is 0 Å². The molecule has 1 aliphatic heterocycles. The zero-order valence-corrected chi connectivity index (χ0v) is 12.6. The van der Waals surface area contributed by atoms with Crippen LogP contribution in [0.3, 0.4) is 0 Å². The van der Waals surface area contributed by atoms with Gasteiger partial charge in [0.05, 0.1) is 16.5 Å². The maximum absolute atomic E-state index is 12.7. The van der Waals surface area contributed by atoms with Gasteiger partial charge in [-0.05, 0) is 44.4 Å². The maximum atomic E-state index is 12.7. The molecule has 0 spiro atoms. The zero-order valence-electron chi connectivity index (χ0n) is 12.6. The molecule has 0 atom stereocenters. The third-order valence-corrected chi connectivity index (χ3v) is 4.14. The Hall–Kier alpha value is -2.37. The van der Waals surface area contributed by atoms with E-state index in [0.29, 0.717) is 23.4 Å². The molecule has 22 heavy (non-hydrogen) atoms. The normalized spacial score (nSPS) is 15.2. The third-order valence-electron chi connectivity index (χ3n) is 4.14. The van der Waals surface area contributed by atoms with Crippen LogP contribution in [0.25, 0.3) is 10.9 Å². The van der Waals surface area contributed by atoms with Gasteiger partial charge in [0.2, 0.25) is 5.95 Å². The smallest absolute Gasteiger partial charge is 0.335 e. The van der Waals surface area contributed by atoms with E-state index in [1.165, 1.54) is 18.6 Å². The van der Waals surface area contributed by atoms with E-state index in [1.807, 2.05) is 6.92 Å². The van der Waals surface area contributed by atoms with Crippen molar-refractivity contribution in [3.63, 3.8) is 0 Å². The number of rotatable bonds is 3. The number of carboxylic acids is 1. The van der Waals surface area contributed by atoms with Crippen molar-refractivity contribution in [3.05, 3.63) is 34.1 Å². The van der Waals surface area contributed by atoms with Crippen molar-refractivity contribution in [2.75, 3.05) is 18.0 Å². The highest BCUT2D eigenvalue weighted by molar-refractivity contribution is 5.93. The number of nitrogens with zero attached hydrogens (tertiary/aromatic N) is 3. The topological polar surface area (TPSA) is 75.4 Å². The van der Waals surface area contributed by atoms with E-state index in [9.17, 15) is 9.59 Å². The molecular formula is C16H19N3O3. The molecule has 0 unspecified atom stereocenters. The Kier molecular flexibility index (Phi) is 3.83. The third kappa shape index (κ3) is 2.45. The van der Waals surface area contributed by atoms with Crippen molar-refractivity contribution in [1.29, 1.82) is 0 Å². The lowest BCUT2D eigenvalue weighted by Crippen LogP contribution is -2.36. The molecule has 0 radical (unpaired) electrons. The van der Waals surface area contributed by atoms with E-state index >= 15 is 0 Å². The lowest BCUT2D eigenvalue weighted by atomic mass is 10.1. The second kappa shape index (κ2) is 5.79. The van der Waals surface area contributed by atoms with Crippen LogP contribution in [0.5, 0.6) is 0 Å². The zero-order chi connectivity index (χ0) is 15.7. The summed E-state index contributed by atoms with van der Waals surface area (Å²) < 4.78 is 1.67. The lowest BCUT2D eigenvalue weighted by molar-refractivity contribution is 0.0697. The second-order valence-corrected chi connectivity index (χ2v) is 5.55. The van der Waals surface area contributed by atoms with Crippen molar-refractivity contribution in [1.82, 2.24) is 9.55 Å². The Morgan fingerprint density at radius 2 is 2.00 bits per heavy atom. The second-order valence-electron chi connectivity index (χ2n) is 5.55. The molecule has 1 aromatic carbocycles. The summed E-state index contributed by atoms with van der Waals surface area (Å²) in [6.07, 6.45) is 3.38. The van der Waals surface area contributed by atoms with Crippen LogP contribution in [-0.2, 0) is 6.54 Å². The predicted molar refractivity (Wildman–Crippen MR) is 84.7 cm³/mol. The summed E-state index contributed by atoms with van der Waals surface area (Å²) in [5, 5.41) is 9.58. The first-order valence-electron chi connectivity index (χ1n) is 7.64. The number of anilines is 1. The molecule has 1 N–H and O–H groups in total. The van der Waals surface area contributed by atoms with Gasteiger partial charge in [0.25, 0.3) is 5.56 Å². The Morgan fingerprint density at radius 1 is 1.27 bits per heavy atom. The quantitative estimate of drug-likeness (QED) is 0.939. The number of aromatic carboxylic acids is 1. The molecule has 116 valence electrons. The Bertz CT molecular complexity index is 776. The predicted octanol–water partition coefficient (Wildman–Crippen LogP) is 2.10. The fraction of sp³-hybridized carbons (Fsp3) is 0.438. The van der Waals surface area contributed by atoms with E-state index in [-0.39, 0.29) is 11.1 Å². The number of piperidine rings is 1. The van der Waals surface area contributed by atoms with Gasteiger partial charge in [0.1, 0.15) is 0 Å². The van der Waals surface area contributed by atoms with Crippen molar-refractivity contribution in [3.8, 4) is 0 Å². The fourth-order valence-corrected chi connectivity index (χ4v) is 2.96. The molecule has 1 saturated heterocycles. The van der Waals surface area contributed by atoms with Gasteiger partial charge in [-0.15, -0.1) is 0 Å². The average molecular weight is 301 g/mol. The van der Waals surface area contributed by atoms with E-state index in [2.05, 4.69) is 9.88 Å². The highest BCUT2D eigenvalue weighted by Gasteiger charge is 2.18. The van der Waals surface area contributed by atoms with Gasteiger partial charge in [-0.1, -0.05) is 0 Å². The average Bonchev–Trinajstić information content (AvgIpc) is 2.55. The molecular weight excluding hydrogens is 282 g/mol. The summed E-state index contributed by atoms with van der Waals surface area (Å²) in [5.74, 6) is -0.356. The first-order chi connectivity index (χ1) is 10.6. The fourth-order valence-electron chi connectivity index (χ4n) is 2.96. The summed E-state index contributed by atoms with van der Waals surface area (Å²) in [6.45, 7) is 4.25. The van der Waals surface area contributed by atoms with Gasteiger partial charge in [-0.3, -0.25) is 9.36 Å². The van der Waals surface area contributed by atoms with Gasteiger partial charge in [-0.25, -0.2) is 9.78 Å². The molecule has 6 heteroatoms. The van der Waals surface area contributed by atoms with Crippen LogP contribution >= 0.6 is 0 Å². The minimum Gasteiger partial charge on any atom is -0.478 e. The summed E-state index contributed by atoms with van der Waals surface area (Å²) >= 11 is 0. The number of carbonyl (C=O) groups is 1. The number of fused-ring (bicyclic) bond motifs is 1. The van der Waals surface area contributed by atoms with E-state index in [1.54, 1.807) is 10.6 Å².